The number of ether oxygens (including phenoxy) is 1. The molecule has 0 aliphatic rings. The number of nitrogens with one attached hydrogen (secondary N) is 1. The fraction of sp³-hybridized carbons (Fsp3) is 0.940. The third-order valence-corrected chi connectivity index (χ3v) is 15.8. The summed E-state index contributed by atoms with van der Waals surface area (Å²) < 4.78 is 5.47. The molecule has 0 saturated heterocycles. The summed E-state index contributed by atoms with van der Waals surface area (Å²) in [6.45, 7) is 4.96. The van der Waals surface area contributed by atoms with Crippen molar-refractivity contribution in [2.45, 2.75) is 392 Å². The molecule has 73 heavy (non-hydrogen) atoms. The topological polar surface area (TPSA) is 95.9 Å². The summed E-state index contributed by atoms with van der Waals surface area (Å²) in [5.41, 5.74) is 0. The van der Waals surface area contributed by atoms with Crippen molar-refractivity contribution in [3.05, 3.63) is 12.2 Å². The van der Waals surface area contributed by atoms with Gasteiger partial charge in [-0.3, -0.25) is 9.59 Å². The minimum Gasteiger partial charge on any atom is -0.466 e. The van der Waals surface area contributed by atoms with Gasteiger partial charge >= 0.3 is 5.97 Å². The van der Waals surface area contributed by atoms with E-state index in [4.69, 9.17) is 4.74 Å². The van der Waals surface area contributed by atoms with Crippen LogP contribution in [0.15, 0.2) is 12.2 Å². The number of amides is 1. The maximum absolute atomic E-state index is 12.5. The van der Waals surface area contributed by atoms with Crippen molar-refractivity contribution in [2.75, 3.05) is 13.2 Å². The van der Waals surface area contributed by atoms with Gasteiger partial charge in [0.2, 0.25) is 5.91 Å². The number of carbonyl (C=O) groups is 2. The zero-order chi connectivity index (χ0) is 52.9. The van der Waals surface area contributed by atoms with E-state index in [1.165, 1.54) is 302 Å². The van der Waals surface area contributed by atoms with Crippen molar-refractivity contribution < 1.29 is 24.5 Å². The molecule has 6 heteroatoms. The Balaban J connectivity index is 3.36. The Hall–Kier alpha value is -1.40. The van der Waals surface area contributed by atoms with Crippen molar-refractivity contribution in [1.82, 2.24) is 5.32 Å². The molecule has 0 rings (SSSR count). The average Bonchev–Trinajstić information content (AvgIpc) is 3.39. The molecule has 1 amide bonds. The maximum Gasteiger partial charge on any atom is 0.305 e. The van der Waals surface area contributed by atoms with Gasteiger partial charge in [-0.15, -0.1) is 0 Å². The molecule has 0 radical (unpaired) electrons. The van der Waals surface area contributed by atoms with Crippen LogP contribution >= 0.6 is 0 Å². The molecule has 6 nitrogen and oxygen atoms in total. The Morgan fingerprint density at radius 3 is 1.00 bits per heavy atom. The highest BCUT2D eigenvalue weighted by molar-refractivity contribution is 5.76. The van der Waals surface area contributed by atoms with Crippen LogP contribution in [0.4, 0.5) is 0 Å². The number of carbonyl (C=O) groups excluding carboxylic acids is 2. The number of aliphatic hydroxyl groups is 2. The van der Waals surface area contributed by atoms with Gasteiger partial charge in [0.25, 0.3) is 0 Å². The molecule has 0 saturated carbocycles. The Kier molecular flexibility index (Phi) is 61.9. The summed E-state index contributed by atoms with van der Waals surface area (Å²) in [5.74, 6) is -0.0220. The van der Waals surface area contributed by atoms with E-state index in [1.54, 1.807) is 0 Å². The molecule has 0 heterocycles. The van der Waals surface area contributed by atoms with E-state index < -0.39 is 12.1 Å². The minimum absolute atomic E-state index is 0.00713. The summed E-state index contributed by atoms with van der Waals surface area (Å²) in [7, 11) is 0. The molecule has 0 aromatic rings. The van der Waals surface area contributed by atoms with Crippen LogP contribution < -0.4 is 5.32 Å². The predicted molar refractivity (Wildman–Crippen MR) is 320 cm³/mol. The lowest BCUT2D eigenvalue weighted by molar-refractivity contribution is -0.143. The second-order valence-corrected chi connectivity index (χ2v) is 23.2. The van der Waals surface area contributed by atoms with Crippen molar-refractivity contribution in [2.24, 2.45) is 0 Å². The molecular weight excluding hydrogens is 899 g/mol. The first-order valence-corrected chi connectivity index (χ1v) is 33.4. The summed E-state index contributed by atoms with van der Waals surface area (Å²) >= 11 is 0. The fourth-order valence-corrected chi connectivity index (χ4v) is 10.7. The summed E-state index contributed by atoms with van der Waals surface area (Å²) in [5, 5.41) is 23.4. The van der Waals surface area contributed by atoms with Gasteiger partial charge in [0.1, 0.15) is 0 Å². The van der Waals surface area contributed by atoms with Crippen LogP contribution in [0.5, 0.6) is 0 Å². The van der Waals surface area contributed by atoms with Gasteiger partial charge in [-0.05, 0) is 51.4 Å². The largest absolute Gasteiger partial charge is 0.466 e. The normalized spacial score (nSPS) is 12.5. The summed E-state index contributed by atoms with van der Waals surface area (Å²) in [6.07, 6.45) is 76.7. The van der Waals surface area contributed by atoms with Crippen LogP contribution in [-0.4, -0.2) is 47.4 Å². The molecule has 434 valence electrons. The molecule has 0 aliphatic carbocycles. The Morgan fingerprint density at radius 1 is 0.370 bits per heavy atom. The first-order valence-electron chi connectivity index (χ1n) is 33.4. The van der Waals surface area contributed by atoms with E-state index >= 15 is 0 Å². The van der Waals surface area contributed by atoms with Crippen LogP contribution in [0.2, 0.25) is 0 Å². The predicted octanol–water partition coefficient (Wildman–Crippen LogP) is 21.2. The van der Waals surface area contributed by atoms with E-state index in [0.717, 1.165) is 44.9 Å². The van der Waals surface area contributed by atoms with Gasteiger partial charge in [0.05, 0.1) is 25.4 Å². The van der Waals surface area contributed by atoms with Gasteiger partial charge in [-0.2, -0.15) is 0 Å². The third kappa shape index (κ3) is 59.7. The standard InChI is InChI=1S/C67H131NO5/c1-3-5-7-9-11-13-15-17-18-19-27-30-33-36-39-43-47-51-55-59-65(70)64(63-69)68-66(71)60-56-52-48-44-40-37-34-31-28-25-23-21-20-22-24-26-29-32-35-38-42-46-50-54-58-62-73-67(72)61-57-53-49-45-41-16-14-12-10-8-6-4-2/h12,14,64-65,69-70H,3-11,13,15-63H2,1-2H3,(H,68,71)/b14-12-. The van der Waals surface area contributed by atoms with Gasteiger partial charge in [0, 0.05) is 12.8 Å². The first kappa shape index (κ1) is 71.6. The molecule has 2 atom stereocenters. The van der Waals surface area contributed by atoms with Crippen LogP contribution in [-0.2, 0) is 14.3 Å². The quantitative estimate of drug-likeness (QED) is 0.0320. The zero-order valence-corrected chi connectivity index (χ0v) is 49.6. The highest BCUT2D eigenvalue weighted by Gasteiger charge is 2.20. The number of rotatable bonds is 63. The molecule has 0 fully saturated rings. The van der Waals surface area contributed by atoms with Gasteiger partial charge in [-0.1, -0.05) is 328 Å². The number of unbranched alkanes of at least 4 members (excludes halogenated alkanes) is 50. The van der Waals surface area contributed by atoms with Gasteiger partial charge in [0.15, 0.2) is 0 Å². The molecule has 0 bridgehead atoms. The number of hydrogen-bond donors (Lipinski definition) is 3. The summed E-state index contributed by atoms with van der Waals surface area (Å²) in [6, 6.07) is -0.540. The highest BCUT2D eigenvalue weighted by atomic mass is 16.5. The van der Waals surface area contributed by atoms with Crippen molar-refractivity contribution in [3.8, 4) is 0 Å². The van der Waals surface area contributed by atoms with Crippen LogP contribution in [0.25, 0.3) is 0 Å². The van der Waals surface area contributed by atoms with Gasteiger partial charge in [-0.25, -0.2) is 0 Å². The van der Waals surface area contributed by atoms with E-state index in [-0.39, 0.29) is 18.5 Å². The van der Waals surface area contributed by atoms with E-state index in [0.29, 0.717) is 25.9 Å². The van der Waals surface area contributed by atoms with Crippen LogP contribution in [0.3, 0.4) is 0 Å². The molecule has 0 aliphatic heterocycles. The summed E-state index contributed by atoms with van der Waals surface area (Å²) in [4.78, 5) is 24.5. The second kappa shape index (κ2) is 63.1. The monoisotopic (exact) mass is 1030 g/mol. The fourth-order valence-electron chi connectivity index (χ4n) is 10.7. The average molecular weight is 1030 g/mol. The Morgan fingerprint density at radius 2 is 0.644 bits per heavy atom. The smallest absolute Gasteiger partial charge is 0.305 e. The molecule has 0 spiro atoms. The number of aliphatic hydroxyl groups excluding tert-OH is 2. The lowest BCUT2D eigenvalue weighted by Crippen LogP contribution is -2.45. The van der Waals surface area contributed by atoms with Crippen molar-refractivity contribution in [3.63, 3.8) is 0 Å². The van der Waals surface area contributed by atoms with Crippen molar-refractivity contribution >= 4 is 11.9 Å². The zero-order valence-electron chi connectivity index (χ0n) is 49.6. The molecule has 0 aromatic heterocycles. The number of esters is 1. The lowest BCUT2D eigenvalue weighted by Gasteiger charge is -2.22. The number of hydrogen-bond acceptors (Lipinski definition) is 5. The third-order valence-electron chi connectivity index (χ3n) is 15.8. The molecule has 3 N–H and O–H groups in total. The van der Waals surface area contributed by atoms with E-state index in [2.05, 4.69) is 31.3 Å². The molecule has 2 unspecified atom stereocenters. The van der Waals surface area contributed by atoms with Crippen LogP contribution in [0, 0.1) is 0 Å². The molecular formula is C67H131NO5. The van der Waals surface area contributed by atoms with Crippen molar-refractivity contribution in [1.29, 1.82) is 0 Å². The van der Waals surface area contributed by atoms with Crippen LogP contribution in [0.1, 0.15) is 380 Å². The first-order chi connectivity index (χ1) is 36.0. The Bertz CT molecular complexity index is 1100. The Labute approximate surface area is 457 Å². The van der Waals surface area contributed by atoms with E-state index in [9.17, 15) is 19.8 Å². The number of allylic oxidation sites excluding steroid dienone is 2. The van der Waals surface area contributed by atoms with Gasteiger partial charge < -0.3 is 20.3 Å². The molecule has 0 aromatic carbocycles. The maximum atomic E-state index is 12.5. The second-order valence-electron chi connectivity index (χ2n) is 23.2. The van der Waals surface area contributed by atoms with E-state index in [1.807, 2.05) is 0 Å². The lowest BCUT2D eigenvalue weighted by atomic mass is 10.0. The SMILES string of the molecule is CCCCC/C=C\CCCCCCCC(=O)OCCCCCCCCCCCCCCCCCCCCCCCCCCCC(=O)NC(CO)C(O)CCCCCCCCCCCCCCCCCCCCC. The minimum atomic E-state index is -0.663. The highest BCUT2D eigenvalue weighted by Crippen LogP contribution is 2.19.